The maximum Gasteiger partial charge on any atom is 0.416 e. The van der Waals surface area contributed by atoms with E-state index < -0.39 is 44.8 Å². The third-order valence-corrected chi connectivity index (χ3v) is 5.75. The fourth-order valence-corrected chi connectivity index (χ4v) is 4.02. The molecule has 0 aliphatic heterocycles. The van der Waals surface area contributed by atoms with Crippen LogP contribution in [0.1, 0.15) is 11.1 Å². The highest BCUT2D eigenvalue weighted by atomic mass is 32.2. The summed E-state index contributed by atoms with van der Waals surface area (Å²) in [5, 5.41) is 0. The molecule has 0 aromatic heterocycles. The lowest BCUT2D eigenvalue weighted by Gasteiger charge is -2.14. The number of alkyl halides is 5. The number of aryl methyl sites for hydroxylation is 1. The van der Waals surface area contributed by atoms with Crippen molar-refractivity contribution in [2.24, 2.45) is 0 Å². The first-order valence-electron chi connectivity index (χ1n) is 8.92. The summed E-state index contributed by atoms with van der Waals surface area (Å²) < 4.78 is 109. The molecule has 0 fully saturated rings. The largest absolute Gasteiger partial charge is 0.435 e. The van der Waals surface area contributed by atoms with Crippen LogP contribution >= 0.6 is 0 Å². The minimum absolute atomic E-state index is 0.0144. The molecule has 0 saturated carbocycles. The smallest absolute Gasteiger partial charge is 0.416 e. The van der Waals surface area contributed by atoms with Crippen molar-refractivity contribution in [3.05, 3.63) is 77.6 Å². The van der Waals surface area contributed by atoms with Crippen LogP contribution in [-0.2, 0) is 16.2 Å². The number of halogens is 6. The first-order valence-corrected chi connectivity index (χ1v) is 10.4. The van der Waals surface area contributed by atoms with Gasteiger partial charge < -0.3 is 4.74 Å². The van der Waals surface area contributed by atoms with Gasteiger partial charge in [-0.1, -0.05) is 18.2 Å². The molecule has 3 aromatic carbocycles. The molecule has 0 atom stereocenters. The molecule has 170 valence electrons. The lowest BCUT2D eigenvalue weighted by atomic mass is 10.0. The summed E-state index contributed by atoms with van der Waals surface area (Å²) in [6.07, 6.45) is -4.73. The zero-order valence-corrected chi connectivity index (χ0v) is 17.1. The van der Waals surface area contributed by atoms with Crippen LogP contribution in [0, 0.1) is 12.7 Å². The van der Waals surface area contributed by atoms with Crippen LogP contribution in [0.4, 0.5) is 32.0 Å². The van der Waals surface area contributed by atoms with Crippen molar-refractivity contribution < 1.29 is 39.5 Å². The van der Waals surface area contributed by atoms with Crippen LogP contribution in [0.2, 0.25) is 0 Å². The zero-order valence-electron chi connectivity index (χ0n) is 16.3. The van der Waals surface area contributed by atoms with Gasteiger partial charge in [0.15, 0.2) is 0 Å². The second-order valence-corrected chi connectivity index (χ2v) is 8.40. The predicted octanol–water partition coefficient (Wildman–Crippen LogP) is 6.22. The van der Waals surface area contributed by atoms with E-state index in [1.807, 2.05) is 0 Å². The summed E-state index contributed by atoms with van der Waals surface area (Å²) in [6.45, 7) is -1.62. The van der Waals surface area contributed by atoms with Gasteiger partial charge in [0.2, 0.25) is 0 Å². The number of rotatable bonds is 6. The molecule has 32 heavy (non-hydrogen) atoms. The van der Waals surface area contributed by atoms with Crippen molar-refractivity contribution >= 4 is 15.7 Å². The number of benzene rings is 3. The van der Waals surface area contributed by atoms with E-state index in [-0.39, 0.29) is 16.8 Å². The molecule has 0 aliphatic rings. The Kier molecular flexibility index (Phi) is 6.40. The van der Waals surface area contributed by atoms with Gasteiger partial charge in [0.1, 0.15) is 11.6 Å². The zero-order chi connectivity index (χ0) is 23.7. The first kappa shape index (κ1) is 23.5. The highest BCUT2D eigenvalue weighted by molar-refractivity contribution is 7.92. The molecule has 3 rings (SSSR count). The van der Waals surface area contributed by atoms with Crippen molar-refractivity contribution in [1.82, 2.24) is 0 Å². The van der Waals surface area contributed by atoms with E-state index in [2.05, 4.69) is 9.46 Å². The molecule has 11 heteroatoms. The number of hydrogen-bond donors (Lipinski definition) is 1. The van der Waals surface area contributed by atoms with E-state index >= 15 is 0 Å². The number of nitrogens with one attached hydrogen (secondary N) is 1. The summed E-state index contributed by atoms with van der Waals surface area (Å²) >= 11 is 0. The van der Waals surface area contributed by atoms with Gasteiger partial charge in [-0.25, -0.2) is 12.8 Å². The van der Waals surface area contributed by atoms with Gasteiger partial charge in [-0.05, 0) is 60.0 Å². The Morgan fingerprint density at radius 3 is 2.31 bits per heavy atom. The van der Waals surface area contributed by atoms with E-state index in [4.69, 9.17) is 0 Å². The molecule has 0 unspecified atom stereocenters. The molecule has 0 heterocycles. The second kappa shape index (κ2) is 8.73. The summed E-state index contributed by atoms with van der Waals surface area (Å²) in [5.74, 6) is -1.29. The predicted molar refractivity (Wildman–Crippen MR) is 105 cm³/mol. The minimum atomic E-state index is -4.73. The van der Waals surface area contributed by atoms with E-state index in [0.717, 1.165) is 36.4 Å². The molecule has 1 N–H and O–H groups in total. The number of anilines is 1. The fraction of sp³-hybridized carbons (Fsp3) is 0.143. The van der Waals surface area contributed by atoms with Gasteiger partial charge in [-0.2, -0.15) is 22.0 Å². The molecule has 0 amide bonds. The van der Waals surface area contributed by atoms with Crippen molar-refractivity contribution in [3.63, 3.8) is 0 Å². The van der Waals surface area contributed by atoms with Gasteiger partial charge in [0.25, 0.3) is 10.0 Å². The maximum atomic E-state index is 13.8. The number of hydrogen-bond acceptors (Lipinski definition) is 3. The Hall–Kier alpha value is -3.21. The van der Waals surface area contributed by atoms with Gasteiger partial charge in [0, 0.05) is 6.07 Å². The Morgan fingerprint density at radius 2 is 1.66 bits per heavy atom. The molecule has 3 aromatic rings. The fourth-order valence-electron chi connectivity index (χ4n) is 2.86. The van der Waals surface area contributed by atoms with E-state index in [1.165, 1.54) is 18.2 Å². The van der Waals surface area contributed by atoms with Gasteiger partial charge in [-0.3, -0.25) is 4.72 Å². The second-order valence-electron chi connectivity index (χ2n) is 6.71. The standard InChI is InChI=1S/C21H15F6NO3S/c1-12-5-6-13(14-7-16(22)11-17(8-14)31-20(23)24)9-19(12)28-32(29,30)18-4-2-3-15(10-18)21(25,26)27/h2-11,20,28H,1H3. The van der Waals surface area contributed by atoms with E-state index in [9.17, 15) is 34.8 Å². The summed E-state index contributed by atoms with van der Waals surface area (Å²) in [5.41, 5.74) is -0.307. The SMILES string of the molecule is Cc1ccc(-c2cc(F)cc(OC(F)F)c2)cc1NS(=O)(=O)c1cccc(C(F)(F)F)c1. The first-order chi connectivity index (χ1) is 14.8. The van der Waals surface area contributed by atoms with Crippen LogP contribution in [0.25, 0.3) is 11.1 Å². The molecular formula is C21H15F6NO3S. The molecule has 0 bridgehead atoms. The summed E-state index contributed by atoms with van der Waals surface area (Å²) in [7, 11) is -4.40. The average molecular weight is 475 g/mol. The molecule has 0 saturated heterocycles. The molecule has 0 aliphatic carbocycles. The molecular weight excluding hydrogens is 460 g/mol. The Labute approximate surface area is 179 Å². The van der Waals surface area contributed by atoms with E-state index in [0.29, 0.717) is 11.6 Å². The van der Waals surface area contributed by atoms with Crippen LogP contribution in [0.5, 0.6) is 5.75 Å². The maximum absolute atomic E-state index is 13.8. The summed E-state index contributed by atoms with van der Waals surface area (Å²) in [6, 6.07) is 10.5. The van der Waals surface area contributed by atoms with Gasteiger partial charge >= 0.3 is 12.8 Å². The average Bonchev–Trinajstić information content (AvgIpc) is 2.68. The van der Waals surface area contributed by atoms with Crippen LogP contribution in [0.15, 0.2) is 65.6 Å². The lowest BCUT2D eigenvalue weighted by molar-refractivity contribution is -0.137. The summed E-state index contributed by atoms with van der Waals surface area (Å²) in [4.78, 5) is -0.601. The van der Waals surface area contributed by atoms with Crippen molar-refractivity contribution in [2.75, 3.05) is 4.72 Å². The van der Waals surface area contributed by atoms with Gasteiger partial charge in [0.05, 0.1) is 16.1 Å². The molecule has 0 radical (unpaired) electrons. The lowest BCUT2D eigenvalue weighted by Crippen LogP contribution is -2.15. The van der Waals surface area contributed by atoms with Crippen LogP contribution in [-0.4, -0.2) is 15.0 Å². The number of sulfonamides is 1. The topological polar surface area (TPSA) is 55.4 Å². The Morgan fingerprint density at radius 1 is 0.938 bits per heavy atom. The monoisotopic (exact) mass is 475 g/mol. The van der Waals surface area contributed by atoms with E-state index in [1.54, 1.807) is 6.92 Å². The molecule has 0 spiro atoms. The van der Waals surface area contributed by atoms with Crippen LogP contribution < -0.4 is 9.46 Å². The minimum Gasteiger partial charge on any atom is -0.435 e. The Bertz CT molecular complexity index is 1240. The van der Waals surface area contributed by atoms with Crippen molar-refractivity contribution in [3.8, 4) is 16.9 Å². The quantitative estimate of drug-likeness (QED) is 0.431. The molecule has 4 nitrogen and oxygen atoms in total. The Balaban J connectivity index is 1.98. The third kappa shape index (κ3) is 5.52. The van der Waals surface area contributed by atoms with Crippen molar-refractivity contribution in [1.29, 1.82) is 0 Å². The normalized spacial score (nSPS) is 12.1. The number of ether oxygens (including phenoxy) is 1. The third-order valence-electron chi connectivity index (χ3n) is 4.38. The highest BCUT2D eigenvalue weighted by Crippen LogP contribution is 2.33. The van der Waals surface area contributed by atoms with Crippen molar-refractivity contribution in [2.45, 2.75) is 24.6 Å². The van der Waals surface area contributed by atoms with Gasteiger partial charge in [-0.15, -0.1) is 0 Å². The highest BCUT2D eigenvalue weighted by Gasteiger charge is 2.31. The van der Waals surface area contributed by atoms with Crippen LogP contribution in [0.3, 0.4) is 0 Å².